The molecule has 2 unspecified atom stereocenters. The molecule has 2 atom stereocenters. The van der Waals surface area contributed by atoms with Gasteiger partial charge in [0.25, 0.3) is 0 Å². The molecule has 1 aliphatic heterocycles. The van der Waals surface area contributed by atoms with Crippen LogP contribution in [0.5, 0.6) is 5.75 Å². The predicted molar refractivity (Wildman–Crippen MR) is 132 cm³/mol. The molecule has 7 nitrogen and oxygen atoms in total. The third-order valence-electron chi connectivity index (χ3n) is 6.81. The fraction of sp³-hybridized carbons (Fsp3) is 0.143. The lowest BCUT2D eigenvalue weighted by molar-refractivity contribution is 0.0976. The van der Waals surface area contributed by atoms with Crippen LogP contribution in [-0.4, -0.2) is 21.0 Å². The van der Waals surface area contributed by atoms with E-state index in [4.69, 9.17) is 9.05 Å². The Balaban J connectivity index is 1.37. The molecule has 1 aromatic heterocycles. The van der Waals surface area contributed by atoms with Crippen molar-refractivity contribution >= 4 is 19.4 Å². The lowest BCUT2D eigenvalue weighted by Crippen LogP contribution is -2.23. The molecule has 0 saturated carbocycles. The highest BCUT2D eigenvalue weighted by Gasteiger charge is 2.40. The number of rotatable bonds is 5. The van der Waals surface area contributed by atoms with Crippen LogP contribution in [0.4, 0.5) is 0 Å². The van der Waals surface area contributed by atoms with E-state index in [1.165, 1.54) is 18.2 Å². The quantitative estimate of drug-likeness (QED) is 0.322. The summed E-state index contributed by atoms with van der Waals surface area (Å²) in [6.45, 7) is 2.42. The third kappa shape index (κ3) is 3.64. The molecule has 1 aliphatic carbocycles. The summed E-state index contributed by atoms with van der Waals surface area (Å²) >= 11 is 0. The fourth-order valence-corrected chi connectivity index (χ4v) is 5.96. The normalized spacial score (nSPS) is 17.4. The highest BCUT2D eigenvalue weighted by molar-refractivity contribution is 7.47. The van der Waals surface area contributed by atoms with Gasteiger partial charge in [0.2, 0.25) is 0 Å². The van der Waals surface area contributed by atoms with Crippen molar-refractivity contribution in [3.05, 3.63) is 124 Å². The summed E-state index contributed by atoms with van der Waals surface area (Å²) in [7, 11) is -4.59. The zero-order valence-electron chi connectivity index (χ0n) is 19.4. The Morgan fingerprint density at radius 1 is 0.917 bits per heavy atom. The van der Waals surface area contributed by atoms with Gasteiger partial charge in [0, 0.05) is 29.9 Å². The van der Waals surface area contributed by atoms with E-state index in [-0.39, 0.29) is 35.2 Å². The maximum absolute atomic E-state index is 13.9. The first-order valence-electron chi connectivity index (χ1n) is 11.6. The van der Waals surface area contributed by atoms with Crippen molar-refractivity contribution in [1.82, 2.24) is 4.57 Å². The number of aromatic nitrogens is 1. The summed E-state index contributed by atoms with van der Waals surface area (Å²) < 4.78 is 25.2. The minimum Gasteiger partial charge on any atom is -0.403 e. The highest BCUT2D eigenvalue weighted by atomic mass is 31.2. The number of hydrogen-bond donors (Lipinski definition) is 1. The van der Waals surface area contributed by atoms with Crippen LogP contribution in [0, 0.1) is 0 Å². The number of fused-ring (bicyclic) bond motifs is 5. The number of phosphoric acid groups is 1. The van der Waals surface area contributed by atoms with E-state index in [1.807, 2.05) is 41.8 Å². The predicted octanol–water partition coefficient (Wildman–Crippen LogP) is 5.47. The van der Waals surface area contributed by atoms with E-state index in [9.17, 15) is 19.0 Å². The molecule has 6 rings (SSSR count). The molecule has 0 bridgehead atoms. The van der Waals surface area contributed by atoms with Crippen LogP contribution >= 0.6 is 7.82 Å². The molecule has 0 fully saturated rings. The molecule has 0 radical (unpaired) electrons. The van der Waals surface area contributed by atoms with Crippen LogP contribution in [0.15, 0.2) is 79.0 Å². The van der Waals surface area contributed by atoms with Crippen LogP contribution in [0.2, 0.25) is 0 Å². The number of carbonyl (C=O) groups is 2. The molecule has 4 aromatic rings. The fourth-order valence-electron chi connectivity index (χ4n) is 5.19. The van der Waals surface area contributed by atoms with Crippen molar-refractivity contribution in [2.24, 2.45) is 0 Å². The summed E-state index contributed by atoms with van der Waals surface area (Å²) in [5.41, 5.74) is 4.48. The first-order chi connectivity index (χ1) is 17.3. The Bertz CT molecular complexity index is 1590. The molecule has 0 saturated heterocycles. The van der Waals surface area contributed by atoms with Crippen LogP contribution in [0.1, 0.15) is 67.1 Å². The van der Waals surface area contributed by atoms with Gasteiger partial charge < -0.3 is 9.09 Å². The molecule has 2 heterocycles. The average Bonchev–Trinajstić information content (AvgIpc) is 3.27. The van der Waals surface area contributed by atoms with Gasteiger partial charge in [-0.2, -0.15) is 0 Å². The SMILES string of the molecule is CC1c2ccccc2Cn2cc3c(c21)C(=O)c1c(OP(=O)(O)OCc2ccccc2)cccc1C3=O. The Labute approximate surface area is 207 Å². The van der Waals surface area contributed by atoms with Gasteiger partial charge in [-0.05, 0) is 22.8 Å². The molecule has 180 valence electrons. The van der Waals surface area contributed by atoms with Crippen molar-refractivity contribution in [2.75, 3.05) is 0 Å². The number of carbonyl (C=O) groups excluding carboxylic acids is 2. The van der Waals surface area contributed by atoms with Gasteiger partial charge in [-0.3, -0.25) is 19.0 Å². The summed E-state index contributed by atoms with van der Waals surface area (Å²) in [5.74, 6) is -0.984. The molecule has 36 heavy (non-hydrogen) atoms. The van der Waals surface area contributed by atoms with Crippen LogP contribution in [0.3, 0.4) is 0 Å². The van der Waals surface area contributed by atoms with Gasteiger partial charge in [0.15, 0.2) is 11.6 Å². The first kappa shape index (κ1) is 22.7. The number of nitrogens with zero attached hydrogens (tertiary/aromatic N) is 1. The molecule has 0 amide bonds. The topological polar surface area (TPSA) is 94.8 Å². The van der Waals surface area contributed by atoms with Crippen LogP contribution < -0.4 is 4.52 Å². The number of benzene rings is 3. The average molecular weight is 499 g/mol. The second-order valence-electron chi connectivity index (χ2n) is 9.01. The second-order valence-corrected chi connectivity index (χ2v) is 10.4. The van der Waals surface area contributed by atoms with Crippen molar-refractivity contribution in [2.45, 2.75) is 26.0 Å². The molecular weight excluding hydrogens is 477 g/mol. The Morgan fingerprint density at radius 2 is 1.67 bits per heavy atom. The molecule has 0 spiro atoms. The lowest BCUT2D eigenvalue weighted by atomic mass is 9.81. The van der Waals surface area contributed by atoms with E-state index in [2.05, 4.69) is 0 Å². The van der Waals surface area contributed by atoms with Crippen LogP contribution in [-0.2, 0) is 22.2 Å². The maximum atomic E-state index is 13.9. The molecule has 1 N–H and O–H groups in total. The lowest BCUT2D eigenvalue weighted by Gasteiger charge is -2.27. The number of hydrogen-bond acceptors (Lipinski definition) is 5. The number of ketones is 2. The summed E-state index contributed by atoms with van der Waals surface area (Å²) in [6.07, 6.45) is 1.74. The first-order valence-corrected chi connectivity index (χ1v) is 13.1. The van der Waals surface area contributed by atoms with E-state index in [0.29, 0.717) is 23.2 Å². The van der Waals surface area contributed by atoms with Crippen molar-refractivity contribution in [1.29, 1.82) is 0 Å². The second kappa shape index (κ2) is 8.42. The van der Waals surface area contributed by atoms with Crippen molar-refractivity contribution < 1.29 is 28.1 Å². The van der Waals surface area contributed by atoms with Gasteiger partial charge in [-0.15, -0.1) is 0 Å². The zero-order valence-corrected chi connectivity index (χ0v) is 20.3. The van der Waals surface area contributed by atoms with E-state index < -0.39 is 13.6 Å². The van der Waals surface area contributed by atoms with Gasteiger partial charge >= 0.3 is 7.82 Å². The molecule has 8 heteroatoms. The monoisotopic (exact) mass is 499 g/mol. The molecule has 3 aromatic carbocycles. The third-order valence-corrected chi connectivity index (χ3v) is 7.70. The van der Waals surface area contributed by atoms with E-state index >= 15 is 0 Å². The molecular formula is C28H22NO6P. The van der Waals surface area contributed by atoms with Crippen molar-refractivity contribution in [3.63, 3.8) is 0 Å². The Kier molecular flexibility index (Phi) is 5.30. The van der Waals surface area contributed by atoms with E-state index in [0.717, 1.165) is 16.8 Å². The van der Waals surface area contributed by atoms with Gasteiger partial charge in [-0.1, -0.05) is 73.7 Å². The summed E-state index contributed by atoms with van der Waals surface area (Å²) in [5, 5.41) is 0. The Morgan fingerprint density at radius 3 is 2.47 bits per heavy atom. The highest BCUT2D eigenvalue weighted by Crippen LogP contribution is 2.48. The van der Waals surface area contributed by atoms with Crippen LogP contribution in [0.25, 0.3) is 0 Å². The van der Waals surface area contributed by atoms with Crippen molar-refractivity contribution in [3.8, 4) is 5.75 Å². The maximum Gasteiger partial charge on any atom is 0.527 e. The van der Waals surface area contributed by atoms with Gasteiger partial charge in [-0.25, -0.2) is 4.57 Å². The number of phosphoric ester groups is 1. The largest absolute Gasteiger partial charge is 0.527 e. The zero-order chi connectivity index (χ0) is 25.0. The summed E-state index contributed by atoms with van der Waals surface area (Å²) in [6, 6.07) is 21.4. The summed E-state index contributed by atoms with van der Waals surface area (Å²) in [4.78, 5) is 37.8. The van der Waals surface area contributed by atoms with Gasteiger partial charge in [0.05, 0.1) is 23.3 Å². The minimum atomic E-state index is -4.59. The Hall–Kier alpha value is -3.77. The standard InChI is InChI=1S/C28H22NO6P/c1-17-20-11-6-5-10-19(20)14-29-15-22-25(26(17)29)28(31)24-21(27(22)30)12-7-13-23(24)35-36(32,33)34-16-18-8-3-2-4-9-18/h2-13,15,17H,14,16H2,1H3,(H,32,33). The minimum absolute atomic E-state index is 0.0207. The molecule has 2 aliphatic rings. The van der Waals surface area contributed by atoms with Gasteiger partial charge in [0.1, 0.15) is 5.75 Å². The van der Waals surface area contributed by atoms with E-state index in [1.54, 1.807) is 30.5 Å². The smallest absolute Gasteiger partial charge is 0.403 e.